The minimum absolute atomic E-state index is 0.873. The fourth-order valence-corrected chi connectivity index (χ4v) is 2.18. The number of benzene rings is 1. The van der Waals surface area contributed by atoms with Crippen molar-refractivity contribution >= 4 is 0 Å². The molecule has 0 radical (unpaired) electrons. The smallest absolute Gasteiger partial charge is 0.0208 e. The Hall–Kier alpha value is -0.860. The van der Waals surface area contributed by atoms with E-state index in [9.17, 15) is 0 Å². The fraction of sp³-hybridized carbons (Fsp3) is 0.600. The minimum atomic E-state index is 0.873. The molecule has 2 rings (SSSR count). The molecule has 0 amide bonds. The summed E-state index contributed by atoms with van der Waals surface area (Å²) in [6.07, 6.45) is 2.79. The lowest BCUT2D eigenvalue weighted by atomic mass is 10.0. The van der Waals surface area contributed by atoms with Gasteiger partial charge < -0.3 is 10.2 Å². The first-order valence-electron chi connectivity index (χ1n) is 6.64. The second kappa shape index (κ2) is 5.65. The Morgan fingerprint density at radius 3 is 2.76 bits per heavy atom. The topological polar surface area (TPSA) is 15.3 Å². The first-order chi connectivity index (χ1) is 8.18. The molecule has 1 fully saturated rings. The van der Waals surface area contributed by atoms with Crippen molar-refractivity contribution in [3.05, 3.63) is 34.9 Å². The Morgan fingerprint density at radius 2 is 2.06 bits per heavy atom. The number of nitrogens with one attached hydrogen (secondary N) is 1. The van der Waals surface area contributed by atoms with Crippen molar-refractivity contribution in [2.75, 3.05) is 20.1 Å². The Morgan fingerprint density at radius 1 is 1.29 bits per heavy atom. The van der Waals surface area contributed by atoms with Gasteiger partial charge in [-0.25, -0.2) is 0 Å². The van der Waals surface area contributed by atoms with Crippen LogP contribution in [0.25, 0.3) is 0 Å². The van der Waals surface area contributed by atoms with Gasteiger partial charge in [-0.1, -0.05) is 18.2 Å². The molecule has 1 aromatic rings. The van der Waals surface area contributed by atoms with Gasteiger partial charge in [0.05, 0.1) is 0 Å². The zero-order chi connectivity index (χ0) is 12.3. The number of rotatable bonds is 6. The van der Waals surface area contributed by atoms with Crippen molar-refractivity contribution in [2.45, 2.75) is 39.3 Å². The zero-order valence-electron chi connectivity index (χ0n) is 11.3. The number of hydrogen-bond donors (Lipinski definition) is 1. The number of nitrogens with zero attached hydrogens (tertiary/aromatic N) is 1. The number of likely N-dealkylation sites (N-methyl/N-ethyl adjacent to an activating group) is 1. The maximum absolute atomic E-state index is 3.54. The summed E-state index contributed by atoms with van der Waals surface area (Å²) < 4.78 is 0. The highest BCUT2D eigenvalue weighted by molar-refractivity contribution is 5.32. The van der Waals surface area contributed by atoms with Crippen LogP contribution < -0.4 is 5.32 Å². The van der Waals surface area contributed by atoms with Gasteiger partial charge in [0.25, 0.3) is 0 Å². The zero-order valence-corrected chi connectivity index (χ0v) is 11.3. The quantitative estimate of drug-likeness (QED) is 0.758. The van der Waals surface area contributed by atoms with E-state index in [4.69, 9.17) is 0 Å². The van der Waals surface area contributed by atoms with E-state index in [0.29, 0.717) is 0 Å². The second-order valence-electron chi connectivity index (χ2n) is 5.25. The van der Waals surface area contributed by atoms with Gasteiger partial charge in [-0.3, -0.25) is 0 Å². The Balaban J connectivity index is 1.72. The van der Waals surface area contributed by atoms with Crippen LogP contribution in [0.15, 0.2) is 18.2 Å². The Labute approximate surface area is 105 Å². The van der Waals surface area contributed by atoms with Crippen LogP contribution in [0.3, 0.4) is 0 Å². The van der Waals surface area contributed by atoms with E-state index >= 15 is 0 Å². The molecule has 1 saturated carbocycles. The summed E-state index contributed by atoms with van der Waals surface area (Å²) in [6, 6.07) is 7.42. The van der Waals surface area contributed by atoms with Crippen molar-refractivity contribution in [3.8, 4) is 0 Å². The van der Waals surface area contributed by atoms with Gasteiger partial charge in [0.15, 0.2) is 0 Å². The van der Waals surface area contributed by atoms with Gasteiger partial charge in [0.2, 0.25) is 0 Å². The summed E-state index contributed by atoms with van der Waals surface area (Å²) in [7, 11) is 2.23. The van der Waals surface area contributed by atoms with Crippen molar-refractivity contribution < 1.29 is 0 Å². The summed E-state index contributed by atoms with van der Waals surface area (Å²) in [6.45, 7) is 7.63. The van der Waals surface area contributed by atoms with Crippen LogP contribution >= 0.6 is 0 Å². The maximum Gasteiger partial charge on any atom is 0.0208 e. The standard InChI is InChI=1S/C15H24N2/c1-12-5-4-6-14(13(12)2)11-16-9-10-17(3)15-7-8-15/h4-6,15-16H,7-11H2,1-3H3. The van der Waals surface area contributed by atoms with Crippen LogP contribution in [0.5, 0.6) is 0 Å². The normalized spacial score (nSPS) is 15.5. The Kier molecular flexibility index (Phi) is 4.19. The fourth-order valence-electron chi connectivity index (χ4n) is 2.18. The first-order valence-corrected chi connectivity index (χ1v) is 6.64. The van der Waals surface area contributed by atoms with Gasteiger partial charge in [-0.2, -0.15) is 0 Å². The summed E-state index contributed by atoms with van der Waals surface area (Å²) in [4.78, 5) is 2.47. The third-order valence-electron chi connectivity index (χ3n) is 3.84. The van der Waals surface area contributed by atoms with Crippen LogP contribution in [-0.2, 0) is 6.54 Å². The molecule has 0 spiro atoms. The molecule has 0 atom stereocenters. The molecule has 1 aliphatic rings. The predicted octanol–water partition coefficient (Wildman–Crippen LogP) is 2.49. The molecule has 2 heteroatoms. The van der Waals surface area contributed by atoms with Gasteiger partial charge in [-0.05, 0) is 50.4 Å². The minimum Gasteiger partial charge on any atom is -0.311 e. The average Bonchev–Trinajstić information content (AvgIpc) is 3.13. The summed E-state index contributed by atoms with van der Waals surface area (Å²) in [5.41, 5.74) is 4.24. The monoisotopic (exact) mass is 232 g/mol. The molecule has 17 heavy (non-hydrogen) atoms. The lowest BCUT2D eigenvalue weighted by Crippen LogP contribution is -2.30. The van der Waals surface area contributed by atoms with E-state index < -0.39 is 0 Å². The highest BCUT2D eigenvalue weighted by atomic mass is 15.2. The average molecular weight is 232 g/mol. The van der Waals surface area contributed by atoms with Gasteiger partial charge in [0, 0.05) is 25.7 Å². The van der Waals surface area contributed by atoms with Crippen molar-refractivity contribution in [2.24, 2.45) is 0 Å². The van der Waals surface area contributed by atoms with Crippen LogP contribution in [0.2, 0.25) is 0 Å². The van der Waals surface area contributed by atoms with Crippen LogP contribution in [-0.4, -0.2) is 31.1 Å². The van der Waals surface area contributed by atoms with E-state index in [-0.39, 0.29) is 0 Å². The second-order valence-corrected chi connectivity index (χ2v) is 5.25. The van der Waals surface area contributed by atoms with E-state index in [2.05, 4.69) is 49.3 Å². The molecular formula is C15H24N2. The molecule has 2 nitrogen and oxygen atoms in total. The van der Waals surface area contributed by atoms with Crippen molar-refractivity contribution in [1.82, 2.24) is 10.2 Å². The van der Waals surface area contributed by atoms with E-state index in [0.717, 1.165) is 25.7 Å². The summed E-state index contributed by atoms with van der Waals surface area (Å²) in [5.74, 6) is 0. The SMILES string of the molecule is Cc1cccc(CNCCN(C)C2CC2)c1C. The van der Waals surface area contributed by atoms with Gasteiger partial charge in [0.1, 0.15) is 0 Å². The van der Waals surface area contributed by atoms with E-state index in [1.54, 1.807) is 0 Å². The molecule has 0 unspecified atom stereocenters. The van der Waals surface area contributed by atoms with Crippen LogP contribution in [0, 0.1) is 13.8 Å². The van der Waals surface area contributed by atoms with Gasteiger partial charge in [-0.15, -0.1) is 0 Å². The molecule has 0 bridgehead atoms. The Bertz CT molecular complexity index is 369. The predicted molar refractivity (Wildman–Crippen MR) is 73.3 cm³/mol. The largest absolute Gasteiger partial charge is 0.311 e. The summed E-state index contributed by atoms with van der Waals surface area (Å²) in [5, 5.41) is 3.54. The van der Waals surface area contributed by atoms with Crippen LogP contribution in [0.1, 0.15) is 29.5 Å². The highest BCUT2D eigenvalue weighted by Gasteiger charge is 2.25. The molecule has 0 aliphatic heterocycles. The molecule has 0 heterocycles. The lowest BCUT2D eigenvalue weighted by molar-refractivity contribution is 0.321. The number of hydrogen-bond acceptors (Lipinski definition) is 2. The third kappa shape index (κ3) is 3.55. The van der Waals surface area contributed by atoms with E-state index in [1.807, 2.05) is 0 Å². The van der Waals surface area contributed by atoms with Crippen molar-refractivity contribution in [3.63, 3.8) is 0 Å². The van der Waals surface area contributed by atoms with E-state index in [1.165, 1.54) is 29.5 Å². The molecule has 94 valence electrons. The molecular weight excluding hydrogens is 208 g/mol. The molecule has 1 N–H and O–H groups in total. The lowest BCUT2D eigenvalue weighted by Gasteiger charge is -2.16. The molecule has 1 aliphatic carbocycles. The number of aryl methyl sites for hydroxylation is 1. The van der Waals surface area contributed by atoms with Crippen LogP contribution in [0.4, 0.5) is 0 Å². The van der Waals surface area contributed by atoms with Gasteiger partial charge >= 0.3 is 0 Å². The maximum atomic E-state index is 3.54. The highest BCUT2D eigenvalue weighted by Crippen LogP contribution is 2.24. The first kappa shape index (κ1) is 12.6. The third-order valence-corrected chi connectivity index (χ3v) is 3.84. The van der Waals surface area contributed by atoms with Crippen molar-refractivity contribution in [1.29, 1.82) is 0 Å². The molecule has 0 aromatic heterocycles. The molecule has 1 aromatic carbocycles. The summed E-state index contributed by atoms with van der Waals surface area (Å²) >= 11 is 0. The molecule has 0 saturated heterocycles.